The maximum Gasteiger partial charge on any atom is 0.237 e. The number of nitrogens with two attached hydrogens (primary N) is 1. The Kier molecular flexibility index (Phi) is 9.85. The monoisotopic (exact) mass is 468 g/mol. The van der Waals surface area contributed by atoms with E-state index in [9.17, 15) is 0 Å². The summed E-state index contributed by atoms with van der Waals surface area (Å²) in [5.74, 6) is 0.597. The topological polar surface area (TPSA) is 108 Å². The number of pyridine rings is 1. The quantitative estimate of drug-likeness (QED) is 0.358. The van der Waals surface area contributed by atoms with Crippen molar-refractivity contribution < 1.29 is 4.74 Å². The molecular formula is C28H32N6O. The Balaban J connectivity index is 0.000000497. The Morgan fingerprint density at radius 2 is 2.00 bits per heavy atom. The first-order valence-electron chi connectivity index (χ1n) is 11.6. The fourth-order valence-corrected chi connectivity index (χ4v) is 3.64. The van der Waals surface area contributed by atoms with Gasteiger partial charge in [0.1, 0.15) is 6.10 Å². The predicted octanol–water partition coefficient (Wildman–Crippen LogP) is 3.95. The number of hydrogen-bond donors (Lipinski definition) is 3. The van der Waals surface area contributed by atoms with Gasteiger partial charge in [0.2, 0.25) is 5.88 Å². The molecular weight excluding hydrogens is 436 g/mol. The molecule has 1 unspecified atom stereocenters. The summed E-state index contributed by atoms with van der Waals surface area (Å²) in [7, 11) is 1.71. The van der Waals surface area contributed by atoms with E-state index < -0.39 is 0 Å². The molecule has 0 saturated carbocycles. The van der Waals surface area contributed by atoms with Gasteiger partial charge >= 0.3 is 0 Å². The molecule has 2 aromatic carbocycles. The zero-order chi connectivity index (χ0) is 24.9. The number of rotatable bonds is 7. The SMILES string of the molecule is CN=C/C(=C\N)c1cnc2c(c1)NCC(CNCCc1ccc(C#N)cc1C)O2.c1ccccc1. The highest BCUT2D eigenvalue weighted by Crippen LogP contribution is 2.29. The Bertz CT molecular complexity index is 1160. The normalized spacial score (nSPS) is 14.7. The van der Waals surface area contributed by atoms with Crippen LogP contribution < -0.4 is 21.1 Å². The van der Waals surface area contributed by atoms with Gasteiger partial charge in [-0.1, -0.05) is 42.5 Å². The summed E-state index contributed by atoms with van der Waals surface area (Å²) in [6.45, 7) is 4.30. The van der Waals surface area contributed by atoms with Crippen molar-refractivity contribution in [2.45, 2.75) is 19.4 Å². The summed E-state index contributed by atoms with van der Waals surface area (Å²) in [6, 6.07) is 22.0. The third kappa shape index (κ3) is 7.70. The maximum atomic E-state index is 8.96. The smallest absolute Gasteiger partial charge is 0.237 e. The van der Waals surface area contributed by atoms with Gasteiger partial charge in [0, 0.05) is 43.3 Å². The van der Waals surface area contributed by atoms with Crippen molar-refractivity contribution >= 4 is 17.5 Å². The molecule has 1 atom stereocenters. The molecule has 0 spiro atoms. The standard InChI is InChI=1S/C22H26N6O.C6H6/c1-15-7-16(9-23)3-4-17(15)5-6-26-13-20-14-27-21-8-18(12-28-22(21)29-20)19(10-24)11-25-2;1-2-4-6-5-3-1/h3-4,7-8,10-12,20,26-27H,5-6,13-14,24H2,1-2H3;1-6H/b19-10+,25-11?;. The minimum atomic E-state index is 0.00429. The number of hydrogen-bond acceptors (Lipinski definition) is 7. The molecule has 0 aliphatic carbocycles. The zero-order valence-electron chi connectivity index (χ0n) is 20.2. The fraction of sp³-hybridized carbons (Fsp3) is 0.250. The van der Waals surface area contributed by atoms with Crippen molar-refractivity contribution in [3.8, 4) is 11.9 Å². The molecule has 4 N–H and O–H groups in total. The second-order valence-electron chi connectivity index (χ2n) is 8.07. The number of ether oxygens (including phenoxy) is 1. The number of aryl methyl sites for hydroxylation is 1. The summed E-state index contributed by atoms with van der Waals surface area (Å²) in [5, 5.41) is 15.8. The van der Waals surface area contributed by atoms with E-state index in [1.54, 1.807) is 19.5 Å². The van der Waals surface area contributed by atoms with E-state index in [1.807, 2.05) is 67.6 Å². The molecule has 35 heavy (non-hydrogen) atoms. The first-order valence-corrected chi connectivity index (χ1v) is 11.6. The largest absolute Gasteiger partial charge is 0.470 e. The van der Waals surface area contributed by atoms with Crippen molar-refractivity contribution in [1.82, 2.24) is 10.3 Å². The van der Waals surface area contributed by atoms with Crippen LogP contribution in [0.5, 0.6) is 5.88 Å². The molecule has 7 heteroatoms. The van der Waals surface area contributed by atoms with E-state index in [0.717, 1.165) is 41.9 Å². The van der Waals surface area contributed by atoms with Gasteiger partial charge in [0.25, 0.3) is 0 Å². The molecule has 0 radical (unpaired) electrons. The minimum Gasteiger partial charge on any atom is -0.470 e. The fourth-order valence-electron chi connectivity index (χ4n) is 3.64. The highest BCUT2D eigenvalue weighted by molar-refractivity contribution is 6.09. The summed E-state index contributed by atoms with van der Waals surface area (Å²) in [6.07, 6.45) is 5.87. The van der Waals surface area contributed by atoms with E-state index in [0.29, 0.717) is 18.0 Å². The molecule has 3 aromatic rings. The van der Waals surface area contributed by atoms with Gasteiger partial charge in [-0.25, -0.2) is 4.98 Å². The zero-order valence-corrected chi connectivity index (χ0v) is 20.2. The first-order chi connectivity index (χ1) is 17.1. The van der Waals surface area contributed by atoms with Crippen LogP contribution in [0, 0.1) is 18.3 Å². The van der Waals surface area contributed by atoms with Crippen molar-refractivity contribution in [1.29, 1.82) is 5.26 Å². The third-order valence-corrected chi connectivity index (χ3v) is 5.51. The molecule has 0 fully saturated rings. The molecule has 1 aliphatic rings. The summed E-state index contributed by atoms with van der Waals surface area (Å²) in [4.78, 5) is 8.44. The molecule has 1 aromatic heterocycles. The van der Waals surface area contributed by atoms with Gasteiger partial charge < -0.3 is 21.1 Å². The van der Waals surface area contributed by atoms with Gasteiger partial charge in [-0.15, -0.1) is 0 Å². The summed E-state index contributed by atoms with van der Waals surface area (Å²) in [5.41, 5.74) is 11.3. The number of nitriles is 1. The lowest BCUT2D eigenvalue weighted by molar-refractivity contribution is 0.194. The molecule has 4 rings (SSSR count). The lowest BCUT2D eigenvalue weighted by Crippen LogP contribution is -2.40. The summed E-state index contributed by atoms with van der Waals surface area (Å²) >= 11 is 0. The van der Waals surface area contributed by atoms with E-state index in [-0.39, 0.29) is 6.10 Å². The third-order valence-electron chi connectivity index (χ3n) is 5.51. The van der Waals surface area contributed by atoms with Gasteiger partial charge in [0.15, 0.2) is 0 Å². The van der Waals surface area contributed by atoms with Gasteiger partial charge in [-0.2, -0.15) is 5.26 Å². The van der Waals surface area contributed by atoms with Crippen LogP contribution in [0.4, 0.5) is 5.69 Å². The van der Waals surface area contributed by atoms with Gasteiger partial charge in [-0.05, 0) is 49.2 Å². The molecule has 0 bridgehead atoms. The van der Waals surface area contributed by atoms with Crippen LogP contribution in [0.25, 0.3) is 5.57 Å². The molecule has 0 saturated heterocycles. The van der Waals surface area contributed by atoms with Crippen LogP contribution in [0.3, 0.4) is 0 Å². The minimum absolute atomic E-state index is 0.00429. The Morgan fingerprint density at radius 1 is 1.26 bits per heavy atom. The van der Waals surface area contributed by atoms with Crippen LogP contribution in [0.15, 0.2) is 78.1 Å². The van der Waals surface area contributed by atoms with Gasteiger partial charge in [-0.3, -0.25) is 4.99 Å². The van der Waals surface area contributed by atoms with Crippen molar-refractivity contribution in [2.24, 2.45) is 10.7 Å². The number of benzene rings is 2. The summed E-state index contributed by atoms with van der Waals surface area (Å²) < 4.78 is 6.01. The van der Waals surface area contributed by atoms with Crippen LogP contribution in [0.1, 0.15) is 22.3 Å². The molecule has 7 nitrogen and oxygen atoms in total. The average molecular weight is 469 g/mol. The Morgan fingerprint density at radius 3 is 2.63 bits per heavy atom. The molecule has 1 aliphatic heterocycles. The highest BCUT2D eigenvalue weighted by Gasteiger charge is 2.20. The molecule has 180 valence electrons. The van der Waals surface area contributed by atoms with E-state index in [4.69, 9.17) is 15.7 Å². The van der Waals surface area contributed by atoms with Crippen LogP contribution in [0.2, 0.25) is 0 Å². The predicted molar refractivity (Wildman–Crippen MR) is 143 cm³/mol. The Labute approximate surface area is 207 Å². The second-order valence-corrected chi connectivity index (χ2v) is 8.07. The number of nitrogens with one attached hydrogen (secondary N) is 2. The number of fused-ring (bicyclic) bond motifs is 1. The number of nitrogens with zero attached hydrogens (tertiary/aromatic N) is 3. The number of aromatic nitrogens is 1. The molecule has 0 amide bonds. The number of aliphatic imine (C=N–C) groups is 1. The van der Waals surface area contributed by atoms with Crippen molar-refractivity contribution in [3.05, 3.63) is 95.3 Å². The molecule has 2 heterocycles. The maximum absolute atomic E-state index is 8.96. The van der Waals surface area contributed by atoms with Crippen LogP contribution in [-0.4, -0.2) is 44.0 Å². The van der Waals surface area contributed by atoms with E-state index in [1.165, 1.54) is 11.8 Å². The van der Waals surface area contributed by atoms with E-state index >= 15 is 0 Å². The van der Waals surface area contributed by atoms with Gasteiger partial charge in [0.05, 0.1) is 23.9 Å². The second kappa shape index (κ2) is 13.5. The van der Waals surface area contributed by atoms with Crippen molar-refractivity contribution in [2.75, 3.05) is 32.0 Å². The highest BCUT2D eigenvalue weighted by atomic mass is 16.5. The van der Waals surface area contributed by atoms with E-state index in [2.05, 4.69) is 26.7 Å². The lowest BCUT2D eigenvalue weighted by Gasteiger charge is -2.27. The van der Waals surface area contributed by atoms with Crippen LogP contribution in [-0.2, 0) is 6.42 Å². The van der Waals surface area contributed by atoms with Crippen LogP contribution >= 0.6 is 0 Å². The average Bonchev–Trinajstić information content (AvgIpc) is 2.91. The number of allylic oxidation sites excluding steroid dienone is 1. The lowest BCUT2D eigenvalue weighted by atomic mass is 10.0. The number of anilines is 1. The first kappa shape index (κ1) is 25.5. The Hall–Kier alpha value is -4.15. The van der Waals surface area contributed by atoms with Crippen molar-refractivity contribution in [3.63, 3.8) is 0 Å².